The quantitative estimate of drug-likeness (QED) is 0.303. The summed E-state index contributed by atoms with van der Waals surface area (Å²) in [6.07, 6.45) is 7.12. The number of hydrogen-bond donors (Lipinski definition) is 1. The van der Waals surface area contributed by atoms with Crippen LogP contribution in [0.15, 0.2) is 73.3 Å². The number of anilines is 1. The first kappa shape index (κ1) is 23.7. The fourth-order valence-electron chi connectivity index (χ4n) is 4.53. The second-order valence-corrected chi connectivity index (χ2v) is 9.26. The summed E-state index contributed by atoms with van der Waals surface area (Å²) in [4.78, 5) is 18.1. The van der Waals surface area contributed by atoms with Gasteiger partial charge in [-0.15, -0.1) is 0 Å². The normalized spacial score (nSPS) is 14.5. The predicted octanol–water partition coefficient (Wildman–Crippen LogP) is 5.83. The molecule has 2 aromatic carbocycles. The lowest BCUT2D eigenvalue weighted by atomic mass is 10.00. The number of nitrogens with one attached hydrogen (secondary N) is 1. The largest absolute Gasteiger partial charge is 0.322 e. The number of aromatic nitrogens is 4. The third kappa shape index (κ3) is 4.36. The van der Waals surface area contributed by atoms with Gasteiger partial charge in [0.2, 0.25) is 0 Å². The fraction of sp³-hybridized carbons (Fsp3) is 0.148. The lowest BCUT2D eigenvalue weighted by molar-refractivity contribution is -0.107. The van der Waals surface area contributed by atoms with Crippen LogP contribution in [0.3, 0.4) is 0 Å². The molecule has 0 aliphatic carbocycles. The number of urea groups is 1. The monoisotopic (exact) mass is 520 g/mol. The third-order valence-electron chi connectivity index (χ3n) is 6.41. The van der Waals surface area contributed by atoms with Gasteiger partial charge in [-0.05, 0) is 53.6 Å². The molecule has 0 saturated carbocycles. The predicted molar refractivity (Wildman–Crippen MR) is 134 cm³/mol. The van der Waals surface area contributed by atoms with Crippen molar-refractivity contribution in [3.05, 3.63) is 85.0 Å². The Balaban J connectivity index is 1.41. The highest BCUT2D eigenvalue weighted by Crippen LogP contribution is 2.34. The van der Waals surface area contributed by atoms with Crippen LogP contribution in [0, 0.1) is 11.6 Å². The maximum Gasteiger partial charge on any atom is 0.322 e. The topological polar surface area (TPSA) is 67.5 Å². The molecule has 7 nitrogen and oxygen atoms in total. The van der Waals surface area contributed by atoms with Crippen LogP contribution in [0.1, 0.15) is 0 Å². The van der Waals surface area contributed by atoms with Gasteiger partial charge >= 0.3 is 6.03 Å². The molecule has 5 aromatic rings. The Labute approximate surface area is 213 Å². The Morgan fingerprint density at radius 2 is 1.74 bits per heavy atom. The molecule has 3 aromatic heterocycles. The Bertz CT molecular complexity index is 1700. The van der Waals surface area contributed by atoms with E-state index in [1.807, 2.05) is 36.0 Å². The van der Waals surface area contributed by atoms with Crippen molar-refractivity contribution in [3.8, 4) is 33.5 Å². The first-order valence-corrected chi connectivity index (χ1v) is 11.7. The molecule has 0 unspecified atom stereocenters. The van der Waals surface area contributed by atoms with Crippen molar-refractivity contribution in [2.45, 2.75) is 5.92 Å². The number of amides is 2. The summed E-state index contributed by atoms with van der Waals surface area (Å²) in [5.41, 5.74) is 4.47. The fourth-order valence-corrected chi connectivity index (χ4v) is 4.53. The van der Waals surface area contributed by atoms with Crippen molar-refractivity contribution in [2.75, 3.05) is 18.4 Å². The van der Waals surface area contributed by atoms with Gasteiger partial charge in [-0.1, -0.05) is 0 Å². The average Bonchev–Trinajstić information content (AvgIpc) is 3.48. The smallest absolute Gasteiger partial charge is 0.312 e. The second kappa shape index (κ2) is 8.72. The maximum atomic E-state index is 14.7. The van der Waals surface area contributed by atoms with E-state index in [9.17, 15) is 22.4 Å². The molecule has 1 fully saturated rings. The molecule has 1 aliphatic heterocycles. The van der Waals surface area contributed by atoms with Crippen molar-refractivity contribution in [1.29, 1.82) is 0 Å². The van der Waals surface area contributed by atoms with Gasteiger partial charge in [0.05, 0.1) is 31.2 Å². The molecule has 38 heavy (non-hydrogen) atoms. The molecular formula is C27H20F4N6O. The minimum atomic E-state index is -2.91. The molecule has 1 N–H and O–H groups in total. The van der Waals surface area contributed by atoms with Crippen molar-refractivity contribution < 1.29 is 22.4 Å². The van der Waals surface area contributed by atoms with E-state index in [-0.39, 0.29) is 11.3 Å². The Morgan fingerprint density at radius 1 is 0.947 bits per heavy atom. The van der Waals surface area contributed by atoms with Crippen LogP contribution in [0.5, 0.6) is 0 Å². The summed E-state index contributed by atoms with van der Waals surface area (Å²) < 4.78 is 58.4. The number of imidazole rings is 1. The number of alkyl halides is 2. The van der Waals surface area contributed by atoms with Crippen molar-refractivity contribution in [3.63, 3.8) is 0 Å². The SMILES string of the molecule is Cn1cc(-c2ccn3c(-c4cc(NC(=O)N5CC(F)(F)C5)cc(-c5ccc(F)cc5F)c4)cnc3c2)cn1. The number of carbonyl (C=O) groups is 1. The molecule has 1 aliphatic rings. The summed E-state index contributed by atoms with van der Waals surface area (Å²) in [6, 6.07) is 11.2. The Morgan fingerprint density at radius 3 is 2.45 bits per heavy atom. The van der Waals surface area contributed by atoms with Gasteiger partial charge in [0.25, 0.3) is 5.92 Å². The van der Waals surface area contributed by atoms with Crippen molar-refractivity contribution in [1.82, 2.24) is 24.1 Å². The first-order valence-electron chi connectivity index (χ1n) is 11.7. The summed E-state index contributed by atoms with van der Waals surface area (Å²) >= 11 is 0. The molecule has 1 saturated heterocycles. The number of pyridine rings is 1. The van der Waals surface area contributed by atoms with Gasteiger partial charge in [0.15, 0.2) is 0 Å². The highest BCUT2D eigenvalue weighted by Gasteiger charge is 2.46. The van der Waals surface area contributed by atoms with Crippen molar-refractivity contribution in [2.24, 2.45) is 7.05 Å². The summed E-state index contributed by atoms with van der Waals surface area (Å²) in [6.45, 7) is -1.35. The van der Waals surface area contributed by atoms with Crippen LogP contribution in [0.4, 0.5) is 28.0 Å². The minimum Gasteiger partial charge on any atom is -0.312 e. The van der Waals surface area contributed by atoms with Gasteiger partial charge in [-0.2, -0.15) is 5.10 Å². The zero-order valence-corrected chi connectivity index (χ0v) is 20.0. The number of rotatable bonds is 4. The molecule has 192 valence electrons. The van der Waals surface area contributed by atoms with E-state index in [0.29, 0.717) is 22.5 Å². The zero-order valence-electron chi connectivity index (χ0n) is 20.0. The molecular weight excluding hydrogens is 500 g/mol. The Hall–Kier alpha value is -4.67. The first-order chi connectivity index (χ1) is 18.1. The van der Waals surface area contributed by atoms with Crippen LogP contribution < -0.4 is 5.32 Å². The number of fused-ring (bicyclic) bond motifs is 1. The number of likely N-dealkylation sites (tertiary alicyclic amines) is 1. The molecule has 11 heteroatoms. The Kier molecular flexibility index (Phi) is 5.44. The minimum absolute atomic E-state index is 0.118. The van der Waals surface area contributed by atoms with E-state index < -0.39 is 36.7 Å². The van der Waals surface area contributed by atoms with Crippen LogP contribution in [-0.4, -0.2) is 49.1 Å². The zero-order chi connectivity index (χ0) is 26.6. The highest BCUT2D eigenvalue weighted by molar-refractivity contribution is 5.92. The summed E-state index contributed by atoms with van der Waals surface area (Å²) in [5, 5.41) is 6.82. The standard InChI is InChI=1S/C27H20F4N6O/c1-35-13-19(11-33-35)16-4-5-37-24(12-32-25(37)9-16)18-6-17(22-3-2-20(28)10-23(22)29)7-21(8-18)34-26(38)36-14-27(30,31)15-36/h2-13H,14-15H2,1H3,(H,34,38). The van der Waals surface area contributed by atoms with E-state index >= 15 is 0 Å². The van der Waals surface area contributed by atoms with Gasteiger partial charge in [0.1, 0.15) is 17.3 Å². The molecule has 0 atom stereocenters. The average molecular weight is 520 g/mol. The van der Waals surface area contributed by atoms with Crippen LogP contribution in [-0.2, 0) is 7.05 Å². The van der Waals surface area contributed by atoms with Gasteiger partial charge < -0.3 is 10.2 Å². The molecule has 0 radical (unpaired) electrons. The molecule has 0 spiro atoms. The van der Waals surface area contributed by atoms with E-state index in [1.54, 1.807) is 29.2 Å². The van der Waals surface area contributed by atoms with Crippen LogP contribution in [0.2, 0.25) is 0 Å². The lowest BCUT2D eigenvalue weighted by Gasteiger charge is -2.38. The van der Waals surface area contributed by atoms with Gasteiger partial charge in [-0.3, -0.25) is 9.08 Å². The van der Waals surface area contributed by atoms with Gasteiger partial charge in [0, 0.05) is 47.9 Å². The number of carbonyl (C=O) groups excluding carboxylic acids is 1. The van der Waals surface area contributed by atoms with Crippen LogP contribution >= 0.6 is 0 Å². The van der Waals surface area contributed by atoms with Gasteiger partial charge in [-0.25, -0.2) is 27.3 Å². The number of nitrogens with zero attached hydrogens (tertiary/aromatic N) is 5. The van der Waals surface area contributed by atoms with Crippen LogP contribution in [0.25, 0.3) is 39.2 Å². The highest BCUT2D eigenvalue weighted by atomic mass is 19.3. The number of benzene rings is 2. The van der Waals surface area contributed by atoms with E-state index in [2.05, 4.69) is 15.4 Å². The molecule has 2 amide bonds. The lowest BCUT2D eigenvalue weighted by Crippen LogP contribution is -2.59. The maximum absolute atomic E-state index is 14.7. The number of halogens is 4. The molecule has 6 rings (SSSR count). The number of hydrogen-bond acceptors (Lipinski definition) is 3. The summed E-state index contributed by atoms with van der Waals surface area (Å²) in [7, 11) is 1.83. The third-order valence-corrected chi connectivity index (χ3v) is 6.41. The molecule has 0 bridgehead atoms. The second-order valence-electron chi connectivity index (χ2n) is 9.26. The number of aryl methyl sites for hydroxylation is 1. The van der Waals surface area contributed by atoms with E-state index in [1.165, 1.54) is 12.1 Å². The van der Waals surface area contributed by atoms with E-state index in [0.717, 1.165) is 28.2 Å². The molecule has 4 heterocycles. The van der Waals surface area contributed by atoms with E-state index in [4.69, 9.17) is 0 Å². The summed E-state index contributed by atoms with van der Waals surface area (Å²) in [5.74, 6) is -4.41. The van der Waals surface area contributed by atoms with Crippen molar-refractivity contribution >= 4 is 17.4 Å².